The van der Waals surface area contributed by atoms with Gasteiger partial charge in [-0.25, -0.2) is 0 Å². The number of nitrogens with one attached hydrogen (secondary N) is 1. The maximum atomic E-state index is 12.3. The van der Waals surface area contributed by atoms with Gasteiger partial charge < -0.3 is 15.0 Å². The highest BCUT2D eigenvalue weighted by atomic mass is 16.5. The summed E-state index contributed by atoms with van der Waals surface area (Å²) in [6.07, 6.45) is 3.05. The Labute approximate surface area is 114 Å². The van der Waals surface area contributed by atoms with E-state index in [1.165, 1.54) is 11.3 Å². The number of nitrogens with zero attached hydrogens (tertiary/aromatic N) is 1. The molecule has 1 N–H and O–H groups in total. The molecule has 0 atom stereocenters. The summed E-state index contributed by atoms with van der Waals surface area (Å²) >= 11 is 0. The molecule has 0 aliphatic carbocycles. The molecule has 4 heteroatoms. The first-order chi connectivity index (χ1) is 9.22. The number of aryl methyl sites for hydroxylation is 1. The SMILES string of the molecule is COCCCN(C)C(=O)c1ccc2c(c1)CCCN2. The van der Waals surface area contributed by atoms with Gasteiger partial charge in [0, 0.05) is 45.1 Å². The van der Waals surface area contributed by atoms with Crippen LogP contribution >= 0.6 is 0 Å². The van der Waals surface area contributed by atoms with Crippen molar-refractivity contribution in [3.05, 3.63) is 29.3 Å². The van der Waals surface area contributed by atoms with Crippen LogP contribution in [0.25, 0.3) is 0 Å². The number of fused-ring (bicyclic) bond motifs is 1. The highest BCUT2D eigenvalue weighted by Crippen LogP contribution is 2.23. The molecular weight excluding hydrogens is 240 g/mol. The highest BCUT2D eigenvalue weighted by Gasteiger charge is 2.15. The molecule has 1 aliphatic rings. The van der Waals surface area contributed by atoms with Crippen LogP contribution in [0.4, 0.5) is 5.69 Å². The topological polar surface area (TPSA) is 41.6 Å². The van der Waals surface area contributed by atoms with E-state index in [1.54, 1.807) is 12.0 Å². The molecule has 1 aromatic rings. The molecule has 1 amide bonds. The summed E-state index contributed by atoms with van der Waals surface area (Å²) in [5.74, 6) is 0.0875. The van der Waals surface area contributed by atoms with Crippen LogP contribution in [0.3, 0.4) is 0 Å². The quantitative estimate of drug-likeness (QED) is 0.827. The van der Waals surface area contributed by atoms with Crippen LogP contribution in [0.2, 0.25) is 0 Å². The Kier molecular flexibility index (Phi) is 4.80. The van der Waals surface area contributed by atoms with E-state index in [4.69, 9.17) is 4.74 Å². The van der Waals surface area contributed by atoms with Gasteiger partial charge in [0.15, 0.2) is 0 Å². The van der Waals surface area contributed by atoms with Crippen molar-refractivity contribution in [2.75, 3.05) is 39.2 Å². The number of hydrogen-bond donors (Lipinski definition) is 1. The van der Waals surface area contributed by atoms with Gasteiger partial charge in [0.1, 0.15) is 0 Å². The molecule has 0 spiro atoms. The molecular formula is C15H22N2O2. The van der Waals surface area contributed by atoms with E-state index < -0.39 is 0 Å². The zero-order chi connectivity index (χ0) is 13.7. The van der Waals surface area contributed by atoms with Gasteiger partial charge in [-0.2, -0.15) is 0 Å². The molecule has 0 saturated heterocycles. The van der Waals surface area contributed by atoms with E-state index in [2.05, 4.69) is 5.32 Å². The van der Waals surface area contributed by atoms with Gasteiger partial charge in [0.25, 0.3) is 5.91 Å². The first-order valence-electron chi connectivity index (χ1n) is 6.83. The summed E-state index contributed by atoms with van der Waals surface area (Å²) in [6.45, 7) is 2.44. The Balaban J connectivity index is 2.02. The second-order valence-electron chi connectivity index (χ2n) is 4.98. The Hall–Kier alpha value is -1.55. The molecule has 0 radical (unpaired) electrons. The summed E-state index contributed by atoms with van der Waals surface area (Å²) in [4.78, 5) is 14.1. The minimum atomic E-state index is 0.0875. The van der Waals surface area contributed by atoms with E-state index in [0.29, 0.717) is 6.61 Å². The van der Waals surface area contributed by atoms with Crippen molar-refractivity contribution in [3.8, 4) is 0 Å². The zero-order valence-electron chi connectivity index (χ0n) is 11.7. The number of carbonyl (C=O) groups excluding carboxylic acids is 1. The number of carbonyl (C=O) groups is 1. The van der Waals surface area contributed by atoms with Crippen molar-refractivity contribution in [1.29, 1.82) is 0 Å². The second-order valence-corrected chi connectivity index (χ2v) is 4.98. The second kappa shape index (κ2) is 6.57. The number of methoxy groups -OCH3 is 1. The molecule has 1 aromatic carbocycles. The van der Waals surface area contributed by atoms with Gasteiger partial charge in [0.05, 0.1) is 0 Å². The summed E-state index contributed by atoms with van der Waals surface area (Å²) < 4.78 is 5.01. The summed E-state index contributed by atoms with van der Waals surface area (Å²) in [5.41, 5.74) is 3.20. The van der Waals surface area contributed by atoms with Gasteiger partial charge in [0.2, 0.25) is 0 Å². The molecule has 19 heavy (non-hydrogen) atoms. The lowest BCUT2D eigenvalue weighted by molar-refractivity contribution is 0.0779. The van der Waals surface area contributed by atoms with E-state index >= 15 is 0 Å². The fourth-order valence-corrected chi connectivity index (χ4v) is 2.38. The van der Waals surface area contributed by atoms with E-state index in [-0.39, 0.29) is 5.91 Å². The van der Waals surface area contributed by atoms with Crippen molar-refractivity contribution < 1.29 is 9.53 Å². The first-order valence-corrected chi connectivity index (χ1v) is 6.83. The van der Waals surface area contributed by atoms with Gasteiger partial charge in [-0.05, 0) is 43.0 Å². The Morgan fingerprint density at radius 3 is 3.11 bits per heavy atom. The lowest BCUT2D eigenvalue weighted by Crippen LogP contribution is -2.28. The number of anilines is 1. The molecule has 2 rings (SSSR count). The third-order valence-electron chi connectivity index (χ3n) is 3.48. The van der Waals surface area contributed by atoms with Crippen molar-refractivity contribution >= 4 is 11.6 Å². The van der Waals surface area contributed by atoms with E-state index in [1.807, 2.05) is 25.2 Å². The van der Waals surface area contributed by atoms with Gasteiger partial charge in [-0.3, -0.25) is 4.79 Å². The number of amides is 1. The van der Waals surface area contributed by atoms with Gasteiger partial charge >= 0.3 is 0 Å². The minimum Gasteiger partial charge on any atom is -0.385 e. The van der Waals surface area contributed by atoms with Gasteiger partial charge in [-0.1, -0.05) is 0 Å². The number of ether oxygens (including phenoxy) is 1. The lowest BCUT2D eigenvalue weighted by Gasteiger charge is -2.21. The standard InChI is InChI=1S/C15H22N2O2/c1-17(9-4-10-19-2)15(18)13-6-7-14-12(11-13)5-3-8-16-14/h6-7,11,16H,3-5,8-10H2,1-2H3. The Morgan fingerprint density at radius 1 is 1.47 bits per heavy atom. The summed E-state index contributed by atoms with van der Waals surface area (Å²) in [6, 6.07) is 5.95. The third-order valence-corrected chi connectivity index (χ3v) is 3.48. The lowest BCUT2D eigenvalue weighted by atomic mass is 10.0. The summed E-state index contributed by atoms with van der Waals surface area (Å²) in [7, 11) is 3.52. The van der Waals surface area contributed by atoms with E-state index in [0.717, 1.165) is 37.9 Å². The Bertz CT molecular complexity index is 446. The Morgan fingerprint density at radius 2 is 2.32 bits per heavy atom. The molecule has 104 valence electrons. The van der Waals surface area contributed by atoms with Crippen LogP contribution in [0.5, 0.6) is 0 Å². The normalized spacial score (nSPS) is 13.6. The van der Waals surface area contributed by atoms with Crippen molar-refractivity contribution in [3.63, 3.8) is 0 Å². The largest absolute Gasteiger partial charge is 0.385 e. The predicted molar refractivity (Wildman–Crippen MR) is 76.7 cm³/mol. The van der Waals surface area contributed by atoms with Crippen LogP contribution in [0.1, 0.15) is 28.8 Å². The molecule has 1 heterocycles. The smallest absolute Gasteiger partial charge is 0.253 e. The fraction of sp³-hybridized carbons (Fsp3) is 0.533. The number of rotatable bonds is 5. The van der Waals surface area contributed by atoms with Crippen LogP contribution in [-0.4, -0.2) is 44.7 Å². The number of hydrogen-bond acceptors (Lipinski definition) is 3. The predicted octanol–water partition coefficient (Wildman–Crippen LogP) is 2.15. The van der Waals surface area contributed by atoms with Gasteiger partial charge in [-0.15, -0.1) is 0 Å². The average molecular weight is 262 g/mol. The molecule has 0 saturated carbocycles. The third kappa shape index (κ3) is 3.47. The van der Waals surface area contributed by atoms with E-state index in [9.17, 15) is 4.79 Å². The molecule has 1 aliphatic heterocycles. The van der Waals surface area contributed by atoms with Crippen molar-refractivity contribution in [2.45, 2.75) is 19.3 Å². The maximum absolute atomic E-state index is 12.3. The highest BCUT2D eigenvalue weighted by molar-refractivity contribution is 5.94. The average Bonchev–Trinajstić information content (AvgIpc) is 2.46. The summed E-state index contributed by atoms with van der Waals surface area (Å²) in [5, 5.41) is 3.36. The molecule has 0 unspecified atom stereocenters. The van der Waals surface area contributed by atoms with Crippen molar-refractivity contribution in [2.24, 2.45) is 0 Å². The van der Waals surface area contributed by atoms with Crippen LogP contribution < -0.4 is 5.32 Å². The van der Waals surface area contributed by atoms with Crippen molar-refractivity contribution in [1.82, 2.24) is 4.90 Å². The molecule has 4 nitrogen and oxygen atoms in total. The zero-order valence-corrected chi connectivity index (χ0v) is 11.7. The number of benzene rings is 1. The molecule has 0 fully saturated rings. The van der Waals surface area contributed by atoms with Crippen LogP contribution in [-0.2, 0) is 11.2 Å². The van der Waals surface area contributed by atoms with Crippen LogP contribution in [0, 0.1) is 0 Å². The maximum Gasteiger partial charge on any atom is 0.253 e. The molecule has 0 aromatic heterocycles. The minimum absolute atomic E-state index is 0.0875. The fourth-order valence-electron chi connectivity index (χ4n) is 2.38. The first kappa shape index (κ1) is 13.9. The van der Waals surface area contributed by atoms with Crippen LogP contribution in [0.15, 0.2) is 18.2 Å². The monoisotopic (exact) mass is 262 g/mol. The molecule has 0 bridgehead atoms.